The molecule has 1 aliphatic rings. The number of likely N-dealkylation sites (N-methyl/N-ethyl adjacent to an activating group) is 1. The average Bonchev–Trinajstić information content (AvgIpc) is 2.90. The molecule has 122 valence electrons. The molecule has 0 radical (unpaired) electrons. The minimum absolute atomic E-state index is 0.0491. The van der Waals surface area contributed by atoms with Crippen molar-refractivity contribution in [2.45, 2.75) is 19.8 Å². The summed E-state index contributed by atoms with van der Waals surface area (Å²) in [5.74, 6) is -0.0485. The molecule has 1 unspecified atom stereocenters. The Morgan fingerprint density at radius 3 is 2.68 bits per heavy atom. The van der Waals surface area contributed by atoms with Crippen molar-refractivity contribution in [1.29, 1.82) is 0 Å². The molecule has 1 aliphatic heterocycles. The quantitative estimate of drug-likeness (QED) is 0.882. The highest BCUT2D eigenvalue weighted by Crippen LogP contribution is 2.17. The number of aromatic nitrogens is 1. The first-order valence-electron chi connectivity index (χ1n) is 7.58. The molecule has 2 amide bonds. The lowest BCUT2D eigenvalue weighted by molar-refractivity contribution is -0.125. The highest BCUT2D eigenvalue weighted by atomic mass is 16.5. The minimum Gasteiger partial charge on any atom is -0.359 e. The second-order valence-corrected chi connectivity index (χ2v) is 6.10. The van der Waals surface area contributed by atoms with Crippen LogP contribution in [0.5, 0.6) is 0 Å². The fourth-order valence-electron chi connectivity index (χ4n) is 2.55. The maximum Gasteiger partial charge on any atom is 0.292 e. The summed E-state index contributed by atoms with van der Waals surface area (Å²) in [7, 11) is 3.57. The van der Waals surface area contributed by atoms with Crippen molar-refractivity contribution in [1.82, 2.24) is 20.3 Å². The zero-order valence-electron chi connectivity index (χ0n) is 13.6. The summed E-state index contributed by atoms with van der Waals surface area (Å²) in [5, 5.41) is 6.59. The van der Waals surface area contributed by atoms with Crippen LogP contribution in [0.3, 0.4) is 0 Å². The number of nitrogens with one attached hydrogen (secondary N) is 1. The van der Waals surface area contributed by atoms with E-state index in [9.17, 15) is 9.59 Å². The number of hydrogen-bond donors (Lipinski definition) is 1. The van der Waals surface area contributed by atoms with Gasteiger partial charge in [0.15, 0.2) is 0 Å². The van der Waals surface area contributed by atoms with Gasteiger partial charge in [0.05, 0.1) is 11.6 Å². The summed E-state index contributed by atoms with van der Waals surface area (Å²) in [5.41, 5.74) is 0.762. The lowest BCUT2D eigenvalue weighted by Crippen LogP contribution is -2.41. The Labute approximate surface area is 130 Å². The van der Waals surface area contributed by atoms with E-state index in [0.29, 0.717) is 19.6 Å². The van der Waals surface area contributed by atoms with Crippen molar-refractivity contribution in [3.8, 4) is 0 Å². The SMILES string of the molecule is CNC(=O)C1CN(C)CCN(C(=O)c2cc(C(C)C)no2)C1. The Bertz CT molecular complexity index is 541. The van der Waals surface area contributed by atoms with E-state index in [2.05, 4.69) is 15.4 Å². The van der Waals surface area contributed by atoms with E-state index in [1.54, 1.807) is 18.0 Å². The summed E-state index contributed by atoms with van der Waals surface area (Å²) in [6.07, 6.45) is 0. The molecule has 0 saturated carbocycles. The Hall–Kier alpha value is -1.89. The Kier molecular flexibility index (Phi) is 5.18. The van der Waals surface area contributed by atoms with Crippen molar-refractivity contribution < 1.29 is 14.1 Å². The summed E-state index contributed by atoms with van der Waals surface area (Å²) in [6, 6.07) is 1.69. The van der Waals surface area contributed by atoms with Crippen molar-refractivity contribution in [3.05, 3.63) is 17.5 Å². The molecule has 0 spiro atoms. The number of amides is 2. The second-order valence-electron chi connectivity index (χ2n) is 6.10. The van der Waals surface area contributed by atoms with Gasteiger partial charge in [-0.05, 0) is 13.0 Å². The second kappa shape index (κ2) is 6.91. The largest absolute Gasteiger partial charge is 0.359 e. The van der Waals surface area contributed by atoms with Gasteiger partial charge in [-0.3, -0.25) is 9.59 Å². The molecule has 7 nitrogen and oxygen atoms in total. The van der Waals surface area contributed by atoms with E-state index >= 15 is 0 Å². The monoisotopic (exact) mass is 308 g/mol. The van der Waals surface area contributed by atoms with Gasteiger partial charge < -0.3 is 19.6 Å². The molecule has 2 rings (SSSR count). The first kappa shape index (κ1) is 16.5. The average molecular weight is 308 g/mol. The molecular weight excluding hydrogens is 284 g/mol. The number of hydrogen-bond acceptors (Lipinski definition) is 5. The molecule has 7 heteroatoms. The van der Waals surface area contributed by atoms with Gasteiger partial charge in [0.2, 0.25) is 11.7 Å². The van der Waals surface area contributed by atoms with Gasteiger partial charge in [0, 0.05) is 39.3 Å². The van der Waals surface area contributed by atoms with Gasteiger partial charge in [0.25, 0.3) is 5.91 Å². The Balaban J connectivity index is 2.14. The molecule has 1 aromatic heterocycles. The standard InChI is InChI=1S/C15H24N4O3/c1-10(2)12-7-13(22-17-12)15(21)19-6-5-18(4)8-11(9-19)14(20)16-3/h7,10-11H,5-6,8-9H2,1-4H3,(H,16,20). The van der Waals surface area contributed by atoms with E-state index < -0.39 is 0 Å². The van der Waals surface area contributed by atoms with Gasteiger partial charge in [-0.15, -0.1) is 0 Å². The molecule has 1 aromatic rings. The number of rotatable bonds is 3. The smallest absolute Gasteiger partial charge is 0.292 e. The lowest BCUT2D eigenvalue weighted by Gasteiger charge is -2.22. The maximum atomic E-state index is 12.6. The highest BCUT2D eigenvalue weighted by Gasteiger charge is 2.30. The van der Waals surface area contributed by atoms with Gasteiger partial charge in [-0.25, -0.2) is 0 Å². The molecule has 1 N–H and O–H groups in total. The van der Waals surface area contributed by atoms with Gasteiger partial charge in [-0.2, -0.15) is 0 Å². The summed E-state index contributed by atoms with van der Waals surface area (Å²) in [6.45, 7) is 6.31. The molecule has 1 atom stereocenters. The molecular formula is C15H24N4O3. The Morgan fingerprint density at radius 1 is 1.36 bits per heavy atom. The van der Waals surface area contributed by atoms with Gasteiger partial charge in [-0.1, -0.05) is 19.0 Å². The van der Waals surface area contributed by atoms with Crippen LogP contribution in [0.2, 0.25) is 0 Å². The van der Waals surface area contributed by atoms with Crippen LogP contribution >= 0.6 is 0 Å². The van der Waals surface area contributed by atoms with Crippen LogP contribution in [-0.4, -0.2) is 67.0 Å². The first-order valence-corrected chi connectivity index (χ1v) is 7.58. The van der Waals surface area contributed by atoms with Crippen LogP contribution < -0.4 is 5.32 Å². The number of nitrogens with zero attached hydrogens (tertiary/aromatic N) is 3. The van der Waals surface area contributed by atoms with E-state index in [4.69, 9.17) is 4.52 Å². The van der Waals surface area contributed by atoms with Gasteiger partial charge >= 0.3 is 0 Å². The predicted octanol–water partition coefficient (Wildman–Crippen LogP) is 0.548. The summed E-state index contributed by atoms with van der Waals surface area (Å²) < 4.78 is 5.18. The van der Waals surface area contributed by atoms with E-state index in [0.717, 1.165) is 12.2 Å². The fourth-order valence-corrected chi connectivity index (χ4v) is 2.55. The molecule has 1 fully saturated rings. The molecule has 0 bridgehead atoms. The summed E-state index contributed by atoms with van der Waals surface area (Å²) >= 11 is 0. The topological polar surface area (TPSA) is 78.7 Å². The molecule has 0 aliphatic carbocycles. The van der Waals surface area contributed by atoms with Crippen molar-refractivity contribution in [2.75, 3.05) is 40.3 Å². The Morgan fingerprint density at radius 2 is 2.09 bits per heavy atom. The highest BCUT2D eigenvalue weighted by molar-refractivity contribution is 5.92. The number of carbonyl (C=O) groups is 2. The first-order chi connectivity index (χ1) is 10.4. The third kappa shape index (κ3) is 3.65. The predicted molar refractivity (Wildman–Crippen MR) is 81.5 cm³/mol. The lowest BCUT2D eigenvalue weighted by atomic mass is 10.1. The van der Waals surface area contributed by atoms with E-state index in [1.807, 2.05) is 20.9 Å². The van der Waals surface area contributed by atoms with Gasteiger partial charge in [0.1, 0.15) is 0 Å². The maximum absolute atomic E-state index is 12.6. The molecule has 1 saturated heterocycles. The normalized spacial score (nSPS) is 20.0. The molecule has 0 aromatic carbocycles. The van der Waals surface area contributed by atoms with Crippen LogP contribution in [0.15, 0.2) is 10.6 Å². The van der Waals surface area contributed by atoms with Crippen LogP contribution in [0.4, 0.5) is 0 Å². The van der Waals surface area contributed by atoms with Crippen molar-refractivity contribution >= 4 is 11.8 Å². The van der Waals surface area contributed by atoms with Crippen molar-refractivity contribution in [3.63, 3.8) is 0 Å². The van der Waals surface area contributed by atoms with Crippen molar-refractivity contribution in [2.24, 2.45) is 5.92 Å². The zero-order valence-corrected chi connectivity index (χ0v) is 13.6. The number of carbonyl (C=O) groups excluding carboxylic acids is 2. The van der Waals surface area contributed by atoms with E-state index in [-0.39, 0.29) is 29.4 Å². The van der Waals surface area contributed by atoms with E-state index in [1.165, 1.54) is 0 Å². The zero-order chi connectivity index (χ0) is 16.3. The van der Waals surface area contributed by atoms with Crippen LogP contribution in [0.1, 0.15) is 36.0 Å². The van der Waals surface area contributed by atoms with Crippen LogP contribution in [0, 0.1) is 5.92 Å². The minimum atomic E-state index is -0.242. The summed E-state index contributed by atoms with van der Waals surface area (Å²) in [4.78, 5) is 28.3. The molecule has 22 heavy (non-hydrogen) atoms. The third-order valence-electron chi connectivity index (χ3n) is 3.96. The fraction of sp³-hybridized carbons (Fsp3) is 0.667. The van der Waals surface area contributed by atoms with Crippen LogP contribution in [-0.2, 0) is 4.79 Å². The molecule has 2 heterocycles. The third-order valence-corrected chi connectivity index (χ3v) is 3.96. The van der Waals surface area contributed by atoms with Crippen LogP contribution in [0.25, 0.3) is 0 Å².